The van der Waals surface area contributed by atoms with E-state index in [2.05, 4.69) is 25.8 Å². The zero-order chi connectivity index (χ0) is 28.3. The predicted octanol–water partition coefficient (Wildman–Crippen LogP) is 5.13. The van der Waals surface area contributed by atoms with Crippen LogP contribution in [0.3, 0.4) is 0 Å². The number of carbonyl (C=O) groups is 2. The number of amides is 2. The van der Waals surface area contributed by atoms with Gasteiger partial charge in [-0.05, 0) is 28.0 Å². The number of rotatable bonds is 11. The molecule has 0 radical (unpaired) electrons. The Kier molecular flexibility index (Phi) is 8.98. The highest BCUT2D eigenvalue weighted by Gasteiger charge is 2.22. The van der Waals surface area contributed by atoms with Crippen molar-refractivity contribution in [2.45, 2.75) is 25.7 Å². The zero-order valence-corrected chi connectivity index (χ0v) is 22.2. The Labute approximate surface area is 237 Å². The van der Waals surface area contributed by atoms with Crippen molar-refractivity contribution in [2.75, 3.05) is 0 Å². The maximum Gasteiger partial charge on any atom is 0.408 e. The van der Waals surface area contributed by atoms with Crippen LogP contribution >= 0.6 is 0 Å². The third-order valence-electron chi connectivity index (χ3n) is 6.34. The maximum absolute atomic E-state index is 13.2. The van der Waals surface area contributed by atoms with Gasteiger partial charge in [-0.25, -0.2) is 15.2 Å². The Bertz CT molecular complexity index is 1610. The molecule has 0 aliphatic carbocycles. The molecule has 0 aliphatic heterocycles. The number of aromatic amines is 1. The van der Waals surface area contributed by atoms with Gasteiger partial charge in [0.1, 0.15) is 25.0 Å². The highest BCUT2D eigenvalue weighted by atomic mass is 16.5. The lowest BCUT2D eigenvalue weighted by Gasteiger charge is -2.16. The smallest absolute Gasteiger partial charge is 0.408 e. The second-order valence-electron chi connectivity index (χ2n) is 9.25. The van der Waals surface area contributed by atoms with Crippen LogP contribution in [0.1, 0.15) is 22.4 Å². The van der Waals surface area contributed by atoms with E-state index in [4.69, 9.17) is 9.47 Å². The SMILES string of the molecule is O=C(N[C@@H](Cc1cnc[nH]1)C(=O)N/N=C\c1c(OCc2ccccc2)ccc2ccccc12)OCc1ccccc1. The van der Waals surface area contributed by atoms with Gasteiger partial charge in [-0.1, -0.05) is 91.0 Å². The van der Waals surface area contributed by atoms with Crippen LogP contribution in [0.15, 0.2) is 115 Å². The van der Waals surface area contributed by atoms with E-state index in [1.54, 1.807) is 12.4 Å². The fraction of sp³-hybridized carbons (Fsp3) is 0.125. The average molecular weight is 548 g/mol. The van der Waals surface area contributed by atoms with Crippen molar-refractivity contribution in [3.05, 3.63) is 132 Å². The third-order valence-corrected chi connectivity index (χ3v) is 6.34. The van der Waals surface area contributed by atoms with Crippen molar-refractivity contribution in [3.63, 3.8) is 0 Å². The molecule has 2 amide bonds. The fourth-order valence-electron chi connectivity index (χ4n) is 4.24. The molecule has 0 saturated carbocycles. The molecule has 0 unspecified atom stereocenters. The molecule has 5 rings (SSSR count). The first-order valence-corrected chi connectivity index (χ1v) is 13.1. The number of ether oxygens (including phenoxy) is 2. The Morgan fingerprint density at radius 2 is 1.59 bits per heavy atom. The summed E-state index contributed by atoms with van der Waals surface area (Å²) in [5.41, 5.74) is 5.82. The average Bonchev–Trinajstić information content (AvgIpc) is 3.53. The first-order chi connectivity index (χ1) is 20.2. The maximum atomic E-state index is 13.2. The van der Waals surface area contributed by atoms with Gasteiger partial charge in [0.15, 0.2) is 0 Å². The topological polar surface area (TPSA) is 118 Å². The Hall–Kier alpha value is -5.44. The molecule has 9 heteroatoms. The number of carbonyl (C=O) groups excluding carboxylic acids is 2. The molecule has 4 aromatic carbocycles. The normalized spacial score (nSPS) is 11.7. The van der Waals surface area contributed by atoms with Gasteiger partial charge in [0.25, 0.3) is 5.91 Å². The number of H-pyrrole nitrogens is 1. The van der Waals surface area contributed by atoms with Gasteiger partial charge in [-0.15, -0.1) is 0 Å². The molecule has 1 atom stereocenters. The number of hydrogen-bond donors (Lipinski definition) is 3. The summed E-state index contributed by atoms with van der Waals surface area (Å²) >= 11 is 0. The van der Waals surface area contributed by atoms with Crippen LogP contribution in [0, 0.1) is 0 Å². The number of hydrazone groups is 1. The highest BCUT2D eigenvalue weighted by Crippen LogP contribution is 2.27. The molecule has 3 N–H and O–H groups in total. The largest absolute Gasteiger partial charge is 0.488 e. The first-order valence-electron chi connectivity index (χ1n) is 13.1. The van der Waals surface area contributed by atoms with Gasteiger partial charge in [0, 0.05) is 23.9 Å². The molecule has 0 fully saturated rings. The lowest BCUT2D eigenvalue weighted by atomic mass is 10.0. The van der Waals surface area contributed by atoms with Crippen molar-refractivity contribution >= 4 is 29.0 Å². The summed E-state index contributed by atoms with van der Waals surface area (Å²) in [7, 11) is 0. The third kappa shape index (κ3) is 7.57. The van der Waals surface area contributed by atoms with Crippen molar-refractivity contribution < 1.29 is 19.1 Å². The molecule has 5 aromatic rings. The van der Waals surface area contributed by atoms with Crippen LogP contribution in [-0.4, -0.2) is 34.2 Å². The van der Waals surface area contributed by atoms with Crippen LogP contribution < -0.4 is 15.5 Å². The van der Waals surface area contributed by atoms with Gasteiger partial charge >= 0.3 is 6.09 Å². The van der Waals surface area contributed by atoms with Crippen LogP contribution in [-0.2, 0) is 29.2 Å². The van der Waals surface area contributed by atoms with Gasteiger partial charge in [0.2, 0.25) is 0 Å². The second-order valence-corrected chi connectivity index (χ2v) is 9.25. The summed E-state index contributed by atoms with van der Waals surface area (Å²) in [4.78, 5) is 32.7. The van der Waals surface area contributed by atoms with Gasteiger partial charge in [0.05, 0.1) is 12.5 Å². The molecule has 0 spiro atoms. The Morgan fingerprint density at radius 3 is 2.32 bits per heavy atom. The zero-order valence-electron chi connectivity index (χ0n) is 22.2. The van der Waals surface area contributed by atoms with E-state index in [9.17, 15) is 9.59 Å². The quantitative estimate of drug-likeness (QED) is 0.157. The monoisotopic (exact) mass is 547 g/mol. The highest BCUT2D eigenvalue weighted by molar-refractivity contribution is 6.02. The molecular weight excluding hydrogens is 518 g/mol. The molecule has 1 heterocycles. The molecule has 41 heavy (non-hydrogen) atoms. The van der Waals surface area contributed by atoms with Crippen LogP contribution in [0.2, 0.25) is 0 Å². The minimum Gasteiger partial charge on any atom is -0.488 e. The van der Waals surface area contributed by atoms with Gasteiger partial charge < -0.3 is 19.8 Å². The molecule has 9 nitrogen and oxygen atoms in total. The molecular formula is C32H29N5O4. The number of aromatic nitrogens is 2. The summed E-state index contributed by atoms with van der Waals surface area (Å²) in [6.07, 6.45) is 4.10. The van der Waals surface area contributed by atoms with Gasteiger partial charge in [-0.3, -0.25) is 4.79 Å². The second kappa shape index (κ2) is 13.6. The number of hydrogen-bond acceptors (Lipinski definition) is 6. The number of imidazole rings is 1. The van der Waals surface area contributed by atoms with E-state index < -0.39 is 18.0 Å². The molecule has 1 aromatic heterocycles. The minimum absolute atomic E-state index is 0.0794. The lowest BCUT2D eigenvalue weighted by molar-refractivity contribution is -0.123. The Balaban J connectivity index is 1.29. The van der Waals surface area contributed by atoms with Crippen molar-refractivity contribution in [1.29, 1.82) is 0 Å². The van der Waals surface area contributed by atoms with E-state index in [1.165, 1.54) is 6.33 Å². The summed E-state index contributed by atoms with van der Waals surface area (Å²) in [5, 5.41) is 8.80. The van der Waals surface area contributed by atoms with Crippen molar-refractivity contribution in [3.8, 4) is 5.75 Å². The van der Waals surface area contributed by atoms with E-state index in [0.717, 1.165) is 27.5 Å². The van der Waals surface area contributed by atoms with Crippen LogP contribution in [0.5, 0.6) is 5.75 Å². The van der Waals surface area contributed by atoms with Crippen molar-refractivity contribution in [1.82, 2.24) is 20.7 Å². The summed E-state index contributed by atoms with van der Waals surface area (Å²) in [5.74, 6) is 0.113. The number of fused-ring (bicyclic) bond motifs is 1. The van der Waals surface area contributed by atoms with Crippen LogP contribution in [0.4, 0.5) is 4.79 Å². The minimum atomic E-state index is -0.961. The number of benzene rings is 4. The number of alkyl carbamates (subject to hydrolysis) is 1. The van der Waals surface area contributed by atoms with Crippen molar-refractivity contribution in [2.24, 2.45) is 5.10 Å². The van der Waals surface area contributed by atoms with Crippen LogP contribution in [0.25, 0.3) is 10.8 Å². The molecule has 206 valence electrons. The molecule has 0 aliphatic rings. The fourth-order valence-corrected chi connectivity index (χ4v) is 4.24. The first kappa shape index (κ1) is 27.1. The predicted molar refractivity (Wildman–Crippen MR) is 156 cm³/mol. The summed E-state index contributed by atoms with van der Waals surface area (Å²) < 4.78 is 11.5. The number of nitrogens with one attached hydrogen (secondary N) is 3. The van der Waals surface area contributed by atoms with E-state index in [-0.39, 0.29) is 13.0 Å². The van der Waals surface area contributed by atoms with E-state index in [0.29, 0.717) is 18.1 Å². The van der Waals surface area contributed by atoms with E-state index >= 15 is 0 Å². The summed E-state index contributed by atoms with van der Waals surface area (Å²) in [6, 6.07) is 29.9. The Morgan fingerprint density at radius 1 is 0.878 bits per heavy atom. The van der Waals surface area contributed by atoms with E-state index in [1.807, 2.05) is 97.1 Å². The van der Waals surface area contributed by atoms with Gasteiger partial charge in [-0.2, -0.15) is 5.10 Å². The standard InChI is InChI=1S/C32H29N5O4/c38-31(29(17-26-18-33-22-34-26)36-32(39)41-21-24-11-5-2-6-12-24)37-35-19-28-27-14-8-7-13-25(27)15-16-30(28)40-20-23-9-3-1-4-10-23/h1-16,18-19,22,29H,17,20-21H2,(H,33,34)(H,36,39)(H,37,38)/b35-19-/t29-/m0/s1. The molecule has 0 saturated heterocycles. The lowest BCUT2D eigenvalue weighted by Crippen LogP contribution is -2.47. The number of nitrogens with zero attached hydrogens (tertiary/aromatic N) is 2. The molecule has 0 bridgehead atoms. The summed E-state index contributed by atoms with van der Waals surface area (Å²) in [6.45, 7) is 0.462.